The molecule has 2 aliphatic rings. The highest BCUT2D eigenvalue weighted by Gasteiger charge is 2.32. The number of piperazine rings is 1. The SMILES string of the molecule is NC(CC(=O)N1CCN(c2cccc(Cl)c2Cl)CC1)C1CCc2cc(F)c(F)cc21. The summed E-state index contributed by atoms with van der Waals surface area (Å²) in [6, 6.07) is 7.58. The van der Waals surface area contributed by atoms with Crippen LogP contribution in [0.5, 0.6) is 0 Å². The summed E-state index contributed by atoms with van der Waals surface area (Å²) in [4.78, 5) is 16.7. The smallest absolute Gasteiger partial charge is 0.224 e. The van der Waals surface area contributed by atoms with Crippen LogP contribution in [0.3, 0.4) is 0 Å². The molecule has 4 nitrogen and oxygen atoms in total. The Bertz CT molecular complexity index is 964. The second-order valence-electron chi connectivity index (χ2n) is 7.92. The lowest BCUT2D eigenvalue weighted by molar-refractivity contribution is -0.132. The normalized spacial score (nSPS) is 19.7. The fourth-order valence-corrected chi connectivity index (χ4v) is 4.90. The molecule has 160 valence electrons. The first-order valence-electron chi connectivity index (χ1n) is 10.0. The molecule has 0 radical (unpaired) electrons. The lowest BCUT2D eigenvalue weighted by Gasteiger charge is -2.37. The van der Waals surface area contributed by atoms with Gasteiger partial charge in [-0.2, -0.15) is 0 Å². The second-order valence-corrected chi connectivity index (χ2v) is 8.70. The molecule has 2 N–H and O–H groups in total. The monoisotopic (exact) mass is 453 g/mol. The molecule has 1 aliphatic carbocycles. The summed E-state index contributed by atoms with van der Waals surface area (Å²) in [5.41, 5.74) is 8.72. The molecule has 30 heavy (non-hydrogen) atoms. The molecular weight excluding hydrogens is 431 g/mol. The average molecular weight is 454 g/mol. The molecule has 2 aromatic rings. The van der Waals surface area contributed by atoms with E-state index in [9.17, 15) is 13.6 Å². The van der Waals surface area contributed by atoms with E-state index in [0.717, 1.165) is 16.8 Å². The molecule has 2 unspecified atom stereocenters. The van der Waals surface area contributed by atoms with Crippen molar-refractivity contribution in [3.63, 3.8) is 0 Å². The van der Waals surface area contributed by atoms with Gasteiger partial charge in [0, 0.05) is 44.6 Å². The van der Waals surface area contributed by atoms with E-state index >= 15 is 0 Å². The van der Waals surface area contributed by atoms with Crippen molar-refractivity contribution >= 4 is 34.8 Å². The van der Waals surface area contributed by atoms with Crippen LogP contribution in [-0.2, 0) is 11.2 Å². The molecular formula is C22H23Cl2F2N3O. The number of nitrogens with zero attached hydrogens (tertiary/aromatic N) is 2. The van der Waals surface area contributed by atoms with Crippen molar-refractivity contribution < 1.29 is 13.6 Å². The number of aryl methyl sites for hydroxylation is 1. The van der Waals surface area contributed by atoms with Gasteiger partial charge in [0.15, 0.2) is 11.6 Å². The first-order chi connectivity index (χ1) is 14.3. The van der Waals surface area contributed by atoms with Crippen molar-refractivity contribution in [2.45, 2.75) is 31.2 Å². The molecule has 0 saturated carbocycles. The van der Waals surface area contributed by atoms with E-state index in [1.54, 1.807) is 11.0 Å². The van der Waals surface area contributed by atoms with Crippen molar-refractivity contribution in [2.75, 3.05) is 31.1 Å². The van der Waals surface area contributed by atoms with E-state index in [0.29, 0.717) is 49.1 Å². The zero-order valence-electron chi connectivity index (χ0n) is 16.4. The van der Waals surface area contributed by atoms with E-state index in [2.05, 4.69) is 4.90 Å². The van der Waals surface area contributed by atoms with E-state index < -0.39 is 17.7 Å². The van der Waals surface area contributed by atoms with Gasteiger partial charge in [0.25, 0.3) is 0 Å². The number of carbonyl (C=O) groups excluding carboxylic acids is 1. The zero-order chi connectivity index (χ0) is 21.4. The van der Waals surface area contributed by atoms with Crippen LogP contribution < -0.4 is 10.6 Å². The second kappa shape index (κ2) is 8.69. The first kappa shape index (κ1) is 21.3. The zero-order valence-corrected chi connectivity index (χ0v) is 17.9. The van der Waals surface area contributed by atoms with Crippen LogP contribution in [0.4, 0.5) is 14.5 Å². The number of carbonyl (C=O) groups is 1. The third-order valence-corrected chi connectivity index (χ3v) is 6.95. The lowest BCUT2D eigenvalue weighted by Crippen LogP contribution is -2.50. The fraction of sp³-hybridized carbons (Fsp3) is 0.409. The van der Waals surface area contributed by atoms with Gasteiger partial charge in [0.2, 0.25) is 5.91 Å². The van der Waals surface area contributed by atoms with Crippen LogP contribution in [0.2, 0.25) is 10.0 Å². The maximum atomic E-state index is 13.7. The molecule has 4 rings (SSSR count). The number of fused-ring (bicyclic) bond motifs is 1. The summed E-state index contributed by atoms with van der Waals surface area (Å²) < 4.78 is 27.2. The molecule has 1 saturated heterocycles. The van der Waals surface area contributed by atoms with Crippen LogP contribution in [-0.4, -0.2) is 43.0 Å². The highest BCUT2D eigenvalue weighted by Crippen LogP contribution is 2.37. The van der Waals surface area contributed by atoms with Crippen molar-refractivity contribution in [3.8, 4) is 0 Å². The maximum Gasteiger partial charge on any atom is 0.224 e. The Morgan fingerprint density at radius 2 is 1.83 bits per heavy atom. The molecule has 1 heterocycles. The van der Waals surface area contributed by atoms with Gasteiger partial charge in [-0.05, 0) is 48.2 Å². The average Bonchev–Trinajstić information content (AvgIpc) is 3.13. The van der Waals surface area contributed by atoms with Gasteiger partial charge in [0.05, 0.1) is 15.7 Å². The minimum absolute atomic E-state index is 0.0182. The van der Waals surface area contributed by atoms with Gasteiger partial charge in [-0.1, -0.05) is 29.3 Å². The number of hydrogen-bond acceptors (Lipinski definition) is 3. The minimum Gasteiger partial charge on any atom is -0.367 e. The lowest BCUT2D eigenvalue weighted by atomic mass is 9.91. The predicted molar refractivity (Wildman–Crippen MR) is 115 cm³/mol. The quantitative estimate of drug-likeness (QED) is 0.747. The molecule has 1 aliphatic heterocycles. The Labute approximate surface area is 184 Å². The van der Waals surface area contributed by atoms with Gasteiger partial charge in [0.1, 0.15) is 0 Å². The third-order valence-electron chi connectivity index (χ3n) is 6.14. The van der Waals surface area contributed by atoms with Crippen LogP contribution >= 0.6 is 23.2 Å². The summed E-state index contributed by atoms with van der Waals surface area (Å²) in [7, 11) is 0. The number of amides is 1. The van der Waals surface area contributed by atoms with Crippen LogP contribution in [0.15, 0.2) is 30.3 Å². The number of halogens is 4. The Morgan fingerprint density at radius 3 is 2.57 bits per heavy atom. The Balaban J connectivity index is 1.36. The highest BCUT2D eigenvalue weighted by molar-refractivity contribution is 6.43. The van der Waals surface area contributed by atoms with Crippen LogP contribution in [0, 0.1) is 11.6 Å². The summed E-state index contributed by atoms with van der Waals surface area (Å²) >= 11 is 12.4. The van der Waals surface area contributed by atoms with Crippen molar-refractivity contribution in [1.82, 2.24) is 4.90 Å². The summed E-state index contributed by atoms with van der Waals surface area (Å²) in [6.07, 6.45) is 1.53. The topological polar surface area (TPSA) is 49.6 Å². The van der Waals surface area contributed by atoms with Crippen molar-refractivity contribution in [1.29, 1.82) is 0 Å². The fourth-order valence-electron chi connectivity index (χ4n) is 4.48. The molecule has 0 bridgehead atoms. The molecule has 8 heteroatoms. The predicted octanol–water partition coefficient (Wildman–Crippen LogP) is 4.37. The van der Waals surface area contributed by atoms with Gasteiger partial charge in [-0.3, -0.25) is 4.79 Å². The van der Waals surface area contributed by atoms with E-state index in [1.807, 2.05) is 12.1 Å². The molecule has 2 atom stereocenters. The Morgan fingerprint density at radius 1 is 1.13 bits per heavy atom. The number of hydrogen-bond donors (Lipinski definition) is 1. The number of nitrogens with two attached hydrogens (primary N) is 1. The number of anilines is 1. The molecule has 0 aromatic heterocycles. The first-order valence-corrected chi connectivity index (χ1v) is 10.8. The molecule has 1 fully saturated rings. The van der Waals surface area contributed by atoms with Gasteiger partial charge >= 0.3 is 0 Å². The van der Waals surface area contributed by atoms with Crippen LogP contribution in [0.25, 0.3) is 0 Å². The highest BCUT2D eigenvalue weighted by atomic mass is 35.5. The van der Waals surface area contributed by atoms with Gasteiger partial charge in [-0.15, -0.1) is 0 Å². The standard InChI is InChI=1S/C22H23Cl2F2N3O/c23-16-2-1-3-20(22(16)24)28-6-8-29(9-7-28)21(30)12-19(27)14-5-4-13-10-17(25)18(26)11-15(13)14/h1-3,10-11,14,19H,4-9,12,27H2. The summed E-state index contributed by atoms with van der Waals surface area (Å²) in [5, 5.41) is 1.02. The van der Waals surface area contributed by atoms with Crippen LogP contribution in [0.1, 0.15) is 29.9 Å². The molecule has 2 aromatic carbocycles. The summed E-state index contributed by atoms with van der Waals surface area (Å²) in [6.45, 7) is 2.43. The molecule has 0 spiro atoms. The Hall–Kier alpha value is -1.89. The largest absolute Gasteiger partial charge is 0.367 e. The third kappa shape index (κ3) is 4.13. The summed E-state index contributed by atoms with van der Waals surface area (Å²) in [5.74, 6) is -1.85. The Kier molecular flexibility index (Phi) is 6.19. The van der Waals surface area contributed by atoms with Crippen molar-refractivity contribution in [2.24, 2.45) is 5.73 Å². The van der Waals surface area contributed by atoms with Gasteiger partial charge < -0.3 is 15.5 Å². The van der Waals surface area contributed by atoms with E-state index in [4.69, 9.17) is 28.9 Å². The van der Waals surface area contributed by atoms with Gasteiger partial charge in [-0.25, -0.2) is 8.78 Å². The maximum absolute atomic E-state index is 13.7. The van der Waals surface area contributed by atoms with E-state index in [-0.39, 0.29) is 18.2 Å². The van der Waals surface area contributed by atoms with Crippen molar-refractivity contribution in [3.05, 3.63) is 63.1 Å². The van der Waals surface area contributed by atoms with E-state index in [1.165, 1.54) is 12.1 Å². The molecule has 1 amide bonds. The minimum atomic E-state index is -0.866. The number of benzene rings is 2. The number of rotatable bonds is 4.